The molecular formula is C28H29ClN6O3. The maximum Gasteiger partial charge on any atom is 0.256 e. The Labute approximate surface area is 226 Å². The van der Waals surface area contributed by atoms with Gasteiger partial charge in [0, 0.05) is 44.1 Å². The first-order chi connectivity index (χ1) is 18.5. The number of halogens is 1. The summed E-state index contributed by atoms with van der Waals surface area (Å²) in [5.41, 5.74) is 4.86. The smallest absolute Gasteiger partial charge is 0.256 e. The van der Waals surface area contributed by atoms with Gasteiger partial charge in [0.2, 0.25) is 11.9 Å². The third kappa shape index (κ3) is 5.08. The number of benzene rings is 1. The van der Waals surface area contributed by atoms with Gasteiger partial charge in [-0.15, -0.1) is 0 Å². The molecule has 38 heavy (non-hydrogen) atoms. The second-order valence-corrected chi connectivity index (χ2v) is 10.4. The molecule has 0 unspecified atom stereocenters. The molecule has 0 saturated carbocycles. The fourth-order valence-electron chi connectivity index (χ4n) is 5.33. The van der Waals surface area contributed by atoms with Crippen LogP contribution in [0.15, 0.2) is 42.7 Å². The molecule has 3 aromatic rings. The Kier molecular flexibility index (Phi) is 6.95. The molecule has 3 aliphatic rings. The number of hydrogen-bond acceptors (Lipinski definition) is 7. The summed E-state index contributed by atoms with van der Waals surface area (Å²) in [5, 5.41) is 3.73. The van der Waals surface area contributed by atoms with E-state index in [2.05, 4.69) is 32.4 Å². The lowest BCUT2D eigenvalue weighted by atomic mass is 10.0. The maximum atomic E-state index is 13.3. The Bertz CT molecular complexity index is 1350. The molecule has 0 bridgehead atoms. The number of nitrogens with one attached hydrogen (secondary N) is 1. The van der Waals surface area contributed by atoms with Crippen molar-refractivity contribution < 1.29 is 14.3 Å². The number of hydrogen-bond donors (Lipinski definition) is 1. The molecule has 3 aliphatic heterocycles. The molecule has 1 aromatic carbocycles. The van der Waals surface area contributed by atoms with Crippen molar-refractivity contribution in [3.8, 4) is 11.3 Å². The minimum absolute atomic E-state index is 0.0360. The largest absolute Gasteiger partial charge is 0.381 e. The summed E-state index contributed by atoms with van der Waals surface area (Å²) in [6.45, 7) is 3.07. The monoisotopic (exact) mass is 532 g/mol. The van der Waals surface area contributed by atoms with Crippen LogP contribution in [0.1, 0.15) is 40.0 Å². The van der Waals surface area contributed by atoms with Gasteiger partial charge in [-0.3, -0.25) is 14.6 Å². The normalized spacial score (nSPS) is 17.7. The standard InChI is InChI=1S/C28H29ClN6O3/c29-23-15-31-28(32-21-7-11-38-12-8-21)33-26(23)20-13-22-24(30-14-20)16-35(27(22)37)17-25(36)34-9-5-18-3-1-2-4-19(18)6-10-34/h1-4,13-15,21H,5-12,16-17H2,(H,31,32,33). The van der Waals surface area contributed by atoms with Crippen molar-refractivity contribution in [1.82, 2.24) is 24.8 Å². The molecule has 1 N–H and O–H groups in total. The molecule has 0 spiro atoms. The molecule has 2 aromatic heterocycles. The molecule has 0 aliphatic carbocycles. The average molecular weight is 533 g/mol. The van der Waals surface area contributed by atoms with Crippen LogP contribution in [0.4, 0.5) is 5.95 Å². The molecular weight excluding hydrogens is 504 g/mol. The van der Waals surface area contributed by atoms with E-state index in [9.17, 15) is 9.59 Å². The summed E-state index contributed by atoms with van der Waals surface area (Å²) >= 11 is 6.45. The minimum Gasteiger partial charge on any atom is -0.381 e. The minimum atomic E-state index is -0.202. The second-order valence-electron chi connectivity index (χ2n) is 9.95. The fourth-order valence-corrected chi connectivity index (χ4v) is 5.53. The van der Waals surface area contributed by atoms with E-state index in [1.807, 2.05) is 17.0 Å². The van der Waals surface area contributed by atoms with Crippen LogP contribution in [-0.2, 0) is 28.9 Å². The number of aromatic nitrogens is 3. The first kappa shape index (κ1) is 24.8. The van der Waals surface area contributed by atoms with E-state index in [0.29, 0.717) is 66.3 Å². The Morgan fingerprint density at radius 1 is 1.08 bits per heavy atom. The van der Waals surface area contributed by atoms with Gasteiger partial charge >= 0.3 is 0 Å². The van der Waals surface area contributed by atoms with E-state index in [1.165, 1.54) is 11.1 Å². The van der Waals surface area contributed by atoms with Gasteiger partial charge < -0.3 is 19.9 Å². The fraction of sp³-hybridized carbons (Fsp3) is 0.393. The van der Waals surface area contributed by atoms with Crippen LogP contribution in [0.5, 0.6) is 0 Å². The Morgan fingerprint density at radius 3 is 2.55 bits per heavy atom. The van der Waals surface area contributed by atoms with Crippen molar-refractivity contribution in [1.29, 1.82) is 0 Å². The van der Waals surface area contributed by atoms with Crippen LogP contribution in [0, 0.1) is 0 Å². The molecule has 0 radical (unpaired) electrons. The topological polar surface area (TPSA) is 101 Å². The third-order valence-corrected chi connectivity index (χ3v) is 7.78. The molecule has 1 saturated heterocycles. The van der Waals surface area contributed by atoms with E-state index in [0.717, 1.165) is 25.7 Å². The molecule has 2 amide bonds. The van der Waals surface area contributed by atoms with Gasteiger partial charge in [0.05, 0.1) is 34.7 Å². The van der Waals surface area contributed by atoms with E-state index in [1.54, 1.807) is 23.4 Å². The van der Waals surface area contributed by atoms with E-state index in [-0.39, 0.29) is 24.4 Å². The number of nitrogens with zero attached hydrogens (tertiary/aromatic N) is 5. The van der Waals surface area contributed by atoms with Gasteiger partial charge in [-0.2, -0.15) is 0 Å². The SMILES string of the molecule is O=C(CN1Cc2ncc(-c3nc(NC4CCOCC4)ncc3Cl)cc2C1=O)N1CCc2ccccc2CC1. The van der Waals surface area contributed by atoms with Crippen LogP contribution in [0.3, 0.4) is 0 Å². The van der Waals surface area contributed by atoms with E-state index in [4.69, 9.17) is 16.3 Å². The van der Waals surface area contributed by atoms with Crippen molar-refractivity contribution in [3.63, 3.8) is 0 Å². The summed E-state index contributed by atoms with van der Waals surface area (Å²) in [6.07, 6.45) is 6.66. The van der Waals surface area contributed by atoms with E-state index < -0.39 is 0 Å². The molecule has 196 valence electrons. The zero-order valence-electron chi connectivity index (χ0n) is 21.0. The lowest BCUT2D eigenvalue weighted by Gasteiger charge is -2.23. The van der Waals surface area contributed by atoms with Crippen molar-refractivity contribution in [2.75, 3.05) is 38.2 Å². The molecule has 10 heteroatoms. The summed E-state index contributed by atoms with van der Waals surface area (Å²) < 4.78 is 5.42. The van der Waals surface area contributed by atoms with Crippen LogP contribution in [0.2, 0.25) is 5.02 Å². The molecule has 1 fully saturated rings. The quantitative estimate of drug-likeness (QED) is 0.537. The first-order valence-corrected chi connectivity index (χ1v) is 13.4. The zero-order chi connectivity index (χ0) is 26.1. The Hall–Kier alpha value is -3.56. The van der Waals surface area contributed by atoms with Crippen LogP contribution in [0.25, 0.3) is 11.3 Å². The number of anilines is 1. The number of amides is 2. The predicted octanol–water partition coefficient (Wildman–Crippen LogP) is 3.37. The predicted molar refractivity (Wildman–Crippen MR) is 143 cm³/mol. The van der Waals surface area contributed by atoms with Gasteiger partial charge in [-0.05, 0) is 42.9 Å². The summed E-state index contributed by atoms with van der Waals surface area (Å²) in [4.78, 5) is 43.4. The van der Waals surface area contributed by atoms with Crippen molar-refractivity contribution in [2.24, 2.45) is 0 Å². The van der Waals surface area contributed by atoms with Crippen molar-refractivity contribution in [2.45, 2.75) is 38.3 Å². The highest BCUT2D eigenvalue weighted by atomic mass is 35.5. The maximum absolute atomic E-state index is 13.3. The number of carbonyl (C=O) groups excluding carboxylic acids is 2. The third-order valence-electron chi connectivity index (χ3n) is 7.50. The van der Waals surface area contributed by atoms with Gasteiger partial charge in [-0.25, -0.2) is 9.97 Å². The molecule has 5 heterocycles. The van der Waals surface area contributed by atoms with Crippen LogP contribution >= 0.6 is 11.6 Å². The second kappa shape index (κ2) is 10.7. The van der Waals surface area contributed by atoms with Gasteiger partial charge in [-0.1, -0.05) is 35.9 Å². The lowest BCUT2D eigenvalue weighted by molar-refractivity contribution is -0.131. The number of rotatable bonds is 5. The average Bonchev–Trinajstić information content (AvgIpc) is 3.10. The summed E-state index contributed by atoms with van der Waals surface area (Å²) in [6, 6.07) is 10.3. The summed E-state index contributed by atoms with van der Waals surface area (Å²) in [5.74, 6) is 0.239. The number of fused-ring (bicyclic) bond motifs is 2. The Balaban J connectivity index is 1.14. The van der Waals surface area contributed by atoms with Crippen molar-refractivity contribution >= 4 is 29.4 Å². The Morgan fingerprint density at radius 2 is 1.82 bits per heavy atom. The van der Waals surface area contributed by atoms with Crippen LogP contribution < -0.4 is 5.32 Å². The zero-order valence-corrected chi connectivity index (χ0v) is 21.8. The van der Waals surface area contributed by atoms with E-state index >= 15 is 0 Å². The highest BCUT2D eigenvalue weighted by Gasteiger charge is 2.32. The highest BCUT2D eigenvalue weighted by Crippen LogP contribution is 2.30. The molecule has 9 nitrogen and oxygen atoms in total. The number of ether oxygens (including phenoxy) is 1. The highest BCUT2D eigenvalue weighted by molar-refractivity contribution is 6.32. The van der Waals surface area contributed by atoms with Crippen LogP contribution in [-0.4, -0.2) is 75.5 Å². The van der Waals surface area contributed by atoms with Gasteiger partial charge in [0.1, 0.15) is 6.54 Å². The molecule has 0 atom stereocenters. The van der Waals surface area contributed by atoms with Crippen molar-refractivity contribution in [3.05, 3.63) is 70.1 Å². The molecule has 6 rings (SSSR count). The summed E-state index contributed by atoms with van der Waals surface area (Å²) in [7, 11) is 0. The van der Waals surface area contributed by atoms with Gasteiger partial charge in [0.15, 0.2) is 0 Å². The number of pyridine rings is 1. The lowest BCUT2D eigenvalue weighted by Crippen LogP contribution is -2.41. The first-order valence-electron chi connectivity index (χ1n) is 13.0. The van der Waals surface area contributed by atoms with Gasteiger partial charge in [0.25, 0.3) is 5.91 Å². The number of carbonyl (C=O) groups is 2.